The molecule has 5 nitrogen and oxygen atoms in total. The van der Waals surface area contributed by atoms with Crippen LogP contribution in [0.5, 0.6) is 5.75 Å². The van der Waals surface area contributed by atoms with Crippen molar-refractivity contribution in [2.24, 2.45) is 5.10 Å². The Labute approximate surface area is 157 Å². The highest BCUT2D eigenvalue weighted by Gasteiger charge is 2.13. The molecule has 0 aromatic heterocycles. The maximum atomic E-state index is 11.7. The lowest BCUT2D eigenvalue weighted by Crippen LogP contribution is -2.38. The van der Waals surface area contributed by atoms with Gasteiger partial charge < -0.3 is 10.4 Å². The standard InChI is InChI=1S/C15H19I2N3O2/c16-12-6-10(7-13(17)15(12)22)8-19-20-14(21)9-18-11-4-2-1-3-5-11/h6-8,11,18,22H,1-5,9H2,(H,20,21)/b19-8-. The van der Waals surface area contributed by atoms with Gasteiger partial charge in [0.15, 0.2) is 0 Å². The number of carbonyl (C=O) groups excluding carboxylic acids is 1. The van der Waals surface area contributed by atoms with Crippen LogP contribution in [0.4, 0.5) is 0 Å². The first-order valence-corrected chi connectivity index (χ1v) is 9.45. The molecule has 7 heteroatoms. The number of carbonyl (C=O) groups is 1. The highest BCUT2D eigenvalue weighted by atomic mass is 127. The number of amides is 1. The first-order valence-electron chi connectivity index (χ1n) is 7.29. The van der Waals surface area contributed by atoms with Gasteiger partial charge in [0.25, 0.3) is 5.91 Å². The monoisotopic (exact) mass is 527 g/mol. The molecule has 0 heterocycles. The van der Waals surface area contributed by atoms with Crippen molar-refractivity contribution in [3.8, 4) is 5.75 Å². The van der Waals surface area contributed by atoms with E-state index in [1.807, 2.05) is 12.1 Å². The maximum Gasteiger partial charge on any atom is 0.254 e. The van der Waals surface area contributed by atoms with Crippen LogP contribution < -0.4 is 10.7 Å². The second-order valence-corrected chi connectivity index (χ2v) is 7.67. The first-order chi connectivity index (χ1) is 10.6. The molecule has 0 bridgehead atoms. The number of aromatic hydroxyl groups is 1. The van der Waals surface area contributed by atoms with E-state index in [1.165, 1.54) is 19.3 Å². The quantitative estimate of drug-likeness (QED) is 0.314. The van der Waals surface area contributed by atoms with Crippen molar-refractivity contribution in [1.82, 2.24) is 10.7 Å². The third-order valence-electron chi connectivity index (χ3n) is 3.60. The van der Waals surface area contributed by atoms with E-state index in [-0.39, 0.29) is 11.7 Å². The Balaban J connectivity index is 1.78. The normalized spacial score (nSPS) is 16.1. The van der Waals surface area contributed by atoms with Crippen LogP contribution in [0, 0.1) is 7.14 Å². The van der Waals surface area contributed by atoms with E-state index < -0.39 is 0 Å². The summed E-state index contributed by atoms with van der Waals surface area (Å²) in [4.78, 5) is 11.7. The zero-order valence-electron chi connectivity index (χ0n) is 12.1. The van der Waals surface area contributed by atoms with Crippen LogP contribution in [0.3, 0.4) is 0 Å². The van der Waals surface area contributed by atoms with Crippen LogP contribution in [0.2, 0.25) is 0 Å². The van der Waals surface area contributed by atoms with Gasteiger partial charge in [-0.25, -0.2) is 5.43 Å². The Morgan fingerprint density at radius 2 is 1.91 bits per heavy atom. The van der Waals surface area contributed by atoms with Crippen LogP contribution in [0.25, 0.3) is 0 Å². The van der Waals surface area contributed by atoms with Crippen LogP contribution in [-0.4, -0.2) is 29.8 Å². The number of benzene rings is 1. The van der Waals surface area contributed by atoms with Crippen LogP contribution in [0.15, 0.2) is 17.2 Å². The molecular weight excluding hydrogens is 508 g/mol. The number of hydrazone groups is 1. The molecule has 1 aromatic rings. The molecule has 22 heavy (non-hydrogen) atoms. The number of hydrogen-bond donors (Lipinski definition) is 3. The van der Waals surface area contributed by atoms with Crippen LogP contribution >= 0.6 is 45.2 Å². The Morgan fingerprint density at radius 1 is 1.27 bits per heavy atom. The van der Waals surface area contributed by atoms with Crippen LogP contribution in [0.1, 0.15) is 37.7 Å². The van der Waals surface area contributed by atoms with Gasteiger partial charge >= 0.3 is 0 Å². The van der Waals surface area contributed by atoms with Crippen molar-refractivity contribution in [2.45, 2.75) is 38.1 Å². The molecule has 2 rings (SSSR count). The average molecular weight is 527 g/mol. The Bertz CT molecular complexity index is 535. The van der Waals surface area contributed by atoms with Gasteiger partial charge in [0.2, 0.25) is 0 Å². The second kappa shape index (κ2) is 9.02. The molecule has 1 amide bonds. The van der Waals surface area contributed by atoms with E-state index in [2.05, 4.69) is 61.0 Å². The van der Waals surface area contributed by atoms with Crippen molar-refractivity contribution >= 4 is 57.3 Å². The summed E-state index contributed by atoms with van der Waals surface area (Å²) in [5.74, 6) is 0.143. The lowest BCUT2D eigenvalue weighted by atomic mass is 9.95. The number of halogens is 2. The molecule has 1 saturated carbocycles. The molecule has 0 unspecified atom stereocenters. The van der Waals surface area contributed by atoms with Gasteiger partial charge in [0, 0.05) is 6.04 Å². The SMILES string of the molecule is O=C(CNC1CCCCC1)N/N=C\c1cc(I)c(O)c(I)c1. The molecule has 0 spiro atoms. The molecule has 120 valence electrons. The fourth-order valence-electron chi connectivity index (χ4n) is 2.42. The molecule has 0 aliphatic heterocycles. The van der Waals surface area contributed by atoms with Gasteiger partial charge in [-0.15, -0.1) is 0 Å². The molecule has 1 aliphatic rings. The zero-order chi connectivity index (χ0) is 15.9. The Hall–Kier alpha value is -0.420. The molecule has 1 fully saturated rings. The van der Waals surface area contributed by atoms with Crippen molar-refractivity contribution in [3.63, 3.8) is 0 Å². The predicted molar refractivity (Wildman–Crippen MR) is 104 cm³/mol. The fourth-order valence-corrected chi connectivity index (χ4v) is 4.24. The van der Waals surface area contributed by atoms with E-state index in [0.717, 1.165) is 25.5 Å². The highest BCUT2D eigenvalue weighted by molar-refractivity contribution is 14.1. The van der Waals surface area contributed by atoms with Gasteiger partial charge in [-0.2, -0.15) is 5.10 Å². The van der Waals surface area contributed by atoms with E-state index in [4.69, 9.17) is 0 Å². The van der Waals surface area contributed by atoms with Gasteiger partial charge in [-0.05, 0) is 75.7 Å². The zero-order valence-corrected chi connectivity index (χ0v) is 16.4. The lowest BCUT2D eigenvalue weighted by molar-refractivity contribution is -0.120. The van der Waals surface area contributed by atoms with Crippen molar-refractivity contribution in [3.05, 3.63) is 24.8 Å². The van der Waals surface area contributed by atoms with Gasteiger partial charge in [-0.3, -0.25) is 4.79 Å². The summed E-state index contributed by atoms with van der Waals surface area (Å²) >= 11 is 4.13. The Kier molecular flexibility index (Phi) is 7.35. The number of phenols is 1. The molecular formula is C15H19I2N3O2. The highest BCUT2D eigenvalue weighted by Crippen LogP contribution is 2.26. The predicted octanol–water partition coefficient (Wildman–Crippen LogP) is 2.97. The maximum absolute atomic E-state index is 11.7. The number of nitrogens with one attached hydrogen (secondary N) is 2. The van der Waals surface area contributed by atoms with Crippen molar-refractivity contribution in [1.29, 1.82) is 0 Å². The fraction of sp³-hybridized carbons (Fsp3) is 0.467. The van der Waals surface area contributed by atoms with Gasteiger partial charge in [0.1, 0.15) is 5.75 Å². The van der Waals surface area contributed by atoms with E-state index in [9.17, 15) is 9.90 Å². The summed E-state index contributed by atoms with van der Waals surface area (Å²) in [6, 6.07) is 4.09. The van der Waals surface area contributed by atoms with E-state index in [1.54, 1.807) is 6.21 Å². The summed E-state index contributed by atoms with van der Waals surface area (Å²) in [7, 11) is 0. The summed E-state index contributed by atoms with van der Waals surface area (Å²) < 4.78 is 1.52. The number of hydrogen-bond acceptors (Lipinski definition) is 4. The summed E-state index contributed by atoms with van der Waals surface area (Å²) in [6.07, 6.45) is 7.69. The number of rotatable bonds is 5. The summed E-state index contributed by atoms with van der Waals surface area (Å²) in [5.41, 5.74) is 3.36. The van der Waals surface area contributed by atoms with Gasteiger partial charge in [0.05, 0.1) is 19.9 Å². The summed E-state index contributed by atoms with van der Waals surface area (Å²) in [5, 5.41) is 16.9. The molecule has 0 saturated heterocycles. The molecule has 0 radical (unpaired) electrons. The first kappa shape index (κ1) is 17.9. The largest absolute Gasteiger partial charge is 0.506 e. The molecule has 1 aromatic carbocycles. The summed E-state index contributed by atoms with van der Waals surface area (Å²) in [6.45, 7) is 0.298. The topological polar surface area (TPSA) is 73.7 Å². The lowest BCUT2D eigenvalue weighted by Gasteiger charge is -2.22. The van der Waals surface area contributed by atoms with E-state index >= 15 is 0 Å². The molecule has 0 atom stereocenters. The average Bonchev–Trinajstić information content (AvgIpc) is 2.51. The second-order valence-electron chi connectivity index (χ2n) is 5.34. The smallest absolute Gasteiger partial charge is 0.254 e. The number of nitrogens with zero attached hydrogens (tertiary/aromatic N) is 1. The molecule has 3 N–H and O–H groups in total. The van der Waals surface area contributed by atoms with Gasteiger partial charge in [-0.1, -0.05) is 19.3 Å². The van der Waals surface area contributed by atoms with Crippen molar-refractivity contribution in [2.75, 3.05) is 6.54 Å². The van der Waals surface area contributed by atoms with E-state index in [0.29, 0.717) is 12.6 Å². The third kappa shape index (κ3) is 5.65. The minimum atomic E-state index is -0.134. The number of phenolic OH excluding ortho intramolecular Hbond substituents is 1. The minimum Gasteiger partial charge on any atom is -0.506 e. The molecule has 1 aliphatic carbocycles. The third-order valence-corrected chi connectivity index (χ3v) is 5.24. The Morgan fingerprint density at radius 3 is 2.55 bits per heavy atom. The minimum absolute atomic E-state index is 0.134. The van der Waals surface area contributed by atoms with Crippen LogP contribution in [-0.2, 0) is 4.79 Å². The van der Waals surface area contributed by atoms with Crippen molar-refractivity contribution < 1.29 is 9.90 Å².